The van der Waals surface area contributed by atoms with Gasteiger partial charge in [-0.05, 0) is 44.3 Å². The molecule has 1 fully saturated rings. The number of hydrogen-bond donors (Lipinski definition) is 0. The summed E-state index contributed by atoms with van der Waals surface area (Å²) < 4.78 is 0. The van der Waals surface area contributed by atoms with E-state index in [1.54, 1.807) is 11.3 Å². The summed E-state index contributed by atoms with van der Waals surface area (Å²) >= 11 is 1.55. The number of amides is 1. The van der Waals surface area contributed by atoms with Crippen molar-refractivity contribution in [2.24, 2.45) is 0 Å². The van der Waals surface area contributed by atoms with E-state index in [4.69, 9.17) is 4.98 Å². The van der Waals surface area contributed by atoms with Crippen LogP contribution >= 0.6 is 11.3 Å². The Morgan fingerprint density at radius 2 is 1.96 bits per heavy atom. The van der Waals surface area contributed by atoms with Crippen molar-refractivity contribution in [3.05, 3.63) is 40.4 Å². The van der Waals surface area contributed by atoms with Gasteiger partial charge in [-0.3, -0.25) is 4.79 Å². The van der Waals surface area contributed by atoms with Gasteiger partial charge in [-0.1, -0.05) is 51.5 Å². The van der Waals surface area contributed by atoms with E-state index in [0.717, 1.165) is 60.3 Å². The third kappa shape index (κ3) is 4.81. The van der Waals surface area contributed by atoms with Crippen LogP contribution in [0, 0.1) is 6.92 Å². The van der Waals surface area contributed by atoms with E-state index in [1.807, 2.05) is 11.8 Å². The van der Waals surface area contributed by atoms with Crippen LogP contribution in [0.15, 0.2) is 24.3 Å². The topological polar surface area (TPSA) is 36.4 Å². The van der Waals surface area contributed by atoms with Crippen LogP contribution in [0.4, 0.5) is 0 Å². The molecule has 0 unspecified atom stereocenters. The number of aryl methyl sites for hydroxylation is 1. The first-order chi connectivity index (χ1) is 13.5. The van der Waals surface area contributed by atoms with E-state index >= 15 is 0 Å². The second kappa shape index (κ2) is 9.66. The minimum atomic E-state index is 0.153. The van der Waals surface area contributed by atoms with Crippen molar-refractivity contribution in [3.8, 4) is 10.6 Å². The molecular formula is C23H33N3OS. The van der Waals surface area contributed by atoms with Crippen LogP contribution in [0.2, 0.25) is 0 Å². The van der Waals surface area contributed by atoms with E-state index in [0.29, 0.717) is 5.92 Å². The van der Waals surface area contributed by atoms with Crippen molar-refractivity contribution in [3.63, 3.8) is 0 Å². The van der Waals surface area contributed by atoms with Crippen molar-refractivity contribution >= 4 is 17.2 Å². The van der Waals surface area contributed by atoms with Crippen LogP contribution < -0.4 is 0 Å². The van der Waals surface area contributed by atoms with E-state index in [9.17, 15) is 4.79 Å². The Kier molecular flexibility index (Phi) is 7.24. The lowest BCUT2D eigenvalue weighted by molar-refractivity contribution is 0.0765. The molecule has 152 valence electrons. The standard InChI is InChI=1S/C23H33N3OS/c1-5-6-12-25-13-9-14-26(16-15-25)23(27)21-18(4)24-22(28-21)20-11-8-7-10-19(20)17(2)3/h7-8,10-11,17H,5-6,9,12-16H2,1-4H3. The molecule has 0 saturated carbocycles. The fourth-order valence-corrected chi connectivity index (χ4v) is 4.91. The third-order valence-corrected chi connectivity index (χ3v) is 6.69. The number of aromatic nitrogens is 1. The highest BCUT2D eigenvalue weighted by molar-refractivity contribution is 7.17. The maximum atomic E-state index is 13.2. The Morgan fingerprint density at radius 1 is 1.18 bits per heavy atom. The molecular weight excluding hydrogens is 366 g/mol. The fraction of sp³-hybridized carbons (Fsp3) is 0.565. The first kappa shape index (κ1) is 21.0. The normalized spacial score (nSPS) is 15.8. The second-order valence-electron chi connectivity index (χ2n) is 8.02. The van der Waals surface area contributed by atoms with Gasteiger partial charge in [0, 0.05) is 25.2 Å². The number of benzene rings is 1. The number of carbonyl (C=O) groups excluding carboxylic acids is 1. The van der Waals surface area contributed by atoms with Gasteiger partial charge in [0.1, 0.15) is 9.88 Å². The Morgan fingerprint density at radius 3 is 2.71 bits per heavy atom. The SMILES string of the molecule is CCCCN1CCCN(C(=O)c2sc(-c3ccccc3C(C)C)nc2C)CC1. The summed E-state index contributed by atoms with van der Waals surface area (Å²) in [6, 6.07) is 8.42. The van der Waals surface area contributed by atoms with Crippen LogP contribution in [0.1, 0.15) is 66.9 Å². The lowest BCUT2D eigenvalue weighted by Gasteiger charge is -2.21. The molecule has 1 saturated heterocycles. The maximum absolute atomic E-state index is 13.2. The molecule has 0 N–H and O–H groups in total. The minimum Gasteiger partial charge on any atom is -0.337 e. The fourth-order valence-electron chi connectivity index (χ4n) is 3.83. The monoisotopic (exact) mass is 399 g/mol. The van der Waals surface area contributed by atoms with Crippen molar-refractivity contribution in [2.45, 2.75) is 52.9 Å². The summed E-state index contributed by atoms with van der Waals surface area (Å²) in [5.41, 5.74) is 3.30. The Labute approximate surface area is 173 Å². The van der Waals surface area contributed by atoms with Gasteiger partial charge in [-0.15, -0.1) is 11.3 Å². The molecule has 3 rings (SSSR count). The highest BCUT2D eigenvalue weighted by Crippen LogP contribution is 2.34. The Balaban J connectivity index is 1.77. The van der Waals surface area contributed by atoms with Crippen molar-refractivity contribution < 1.29 is 4.79 Å². The van der Waals surface area contributed by atoms with Gasteiger partial charge in [-0.25, -0.2) is 4.98 Å². The van der Waals surface area contributed by atoms with E-state index in [1.165, 1.54) is 18.4 Å². The van der Waals surface area contributed by atoms with Crippen LogP contribution in [0.3, 0.4) is 0 Å². The lowest BCUT2D eigenvalue weighted by atomic mass is 9.98. The molecule has 2 aromatic rings. The van der Waals surface area contributed by atoms with Crippen LogP contribution in [-0.4, -0.2) is 53.4 Å². The number of nitrogens with zero attached hydrogens (tertiary/aromatic N) is 3. The van der Waals surface area contributed by atoms with Crippen molar-refractivity contribution in [2.75, 3.05) is 32.7 Å². The smallest absolute Gasteiger partial charge is 0.265 e. The molecule has 1 aromatic heterocycles. The van der Waals surface area contributed by atoms with Gasteiger partial charge in [0.15, 0.2) is 0 Å². The molecule has 4 nitrogen and oxygen atoms in total. The maximum Gasteiger partial charge on any atom is 0.265 e. The van der Waals surface area contributed by atoms with Gasteiger partial charge in [-0.2, -0.15) is 0 Å². The number of carbonyl (C=O) groups is 1. The second-order valence-corrected chi connectivity index (χ2v) is 9.02. The zero-order valence-corrected chi connectivity index (χ0v) is 18.5. The number of unbranched alkanes of at least 4 members (excludes halogenated alkanes) is 1. The quantitative estimate of drug-likeness (QED) is 0.671. The molecule has 5 heteroatoms. The predicted molar refractivity (Wildman–Crippen MR) is 118 cm³/mol. The molecule has 0 atom stereocenters. The van der Waals surface area contributed by atoms with Gasteiger partial charge in [0.25, 0.3) is 5.91 Å². The first-order valence-corrected chi connectivity index (χ1v) is 11.4. The molecule has 1 aliphatic heterocycles. The van der Waals surface area contributed by atoms with Crippen molar-refractivity contribution in [1.29, 1.82) is 0 Å². The minimum absolute atomic E-state index is 0.153. The van der Waals surface area contributed by atoms with Gasteiger partial charge in [0.2, 0.25) is 0 Å². The molecule has 1 amide bonds. The lowest BCUT2D eigenvalue weighted by Crippen LogP contribution is -2.35. The highest BCUT2D eigenvalue weighted by Gasteiger charge is 2.25. The van der Waals surface area contributed by atoms with Gasteiger partial charge in [0.05, 0.1) is 5.69 Å². The molecule has 1 aliphatic rings. The Bertz CT molecular complexity index is 799. The molecule has 1 aromatic carbocycles. The number of thiazole rings is 1. The predicted octanol–water partition coefficient (Wildman–Crippen LogP) is 5.19. The molecule has 0 aliphatic carbocycles. The Hall–Kier alpha value is -1.72. The molecule has 28 heavy (non-hydrogen) atoms. The zero-order valence-electron chi connectivity index (χ0n) is 17.7. The molecule has 0 bridgehead atoms. The summed E-state index contributed by atoms with van der Waals surface area (Å²) in [6.45, 7) is 13.5. The summed E-state index contributed by atoms with van der Waals surface area (Å²) in [5, 5.41) is 0.963. The molecule has 0 spiro atoms. The largest absolute Gasteiger partial charge is 0.337 e. The van der Waals surface area contributed by atoms with Crippen molar-refractivity contribution in [1.82, 2.24) is 14.8 Å². The van der Waals surface area contributed by atoms with Crippen LogP contribution in [-0.2, 0) is 0 Å². The summed E-state index contributed by atoms with van der Waals surface area (Å²) in [4.78, 5) is 23.3. The average molecular weight is 400 g/mol. The van der Waals surface area contributed by atoms with Gasteiger partial charge >= 0.3 is 0 Å². The first-order valence-electron chi connectivity index (χ1n) is 10.6. The molecule has 2 heterocycles. The van der Waals surface area contributed by atoms with E-state index in [-0.39, 0.29) is 5.91 Å². The van der Waals surface area contributed by atoms with Crippen LogP contribution in [0.25, 0.3) is 10.6 Å². The van der Waals surface area contributed by atoms with Crippen LogP contribution in [0.5, 0.6) is 0 Å². The summed E-state index contributed by atoms with van der Waals surface area (Å²) in [7, 11) is 0. The zero-order chi connectivity index (χ0) is 20.1. The van der Waals surface area contributed by atoms with E-state index in [2.05, 4.69) is 49.9 Å². The van der Waals surface area contributed by atoms with E-state index < -0.39 is 0 Å². The number of hydrogen-bond acceptors (Lipinski definition) is 4. The highest BCUT2D eigenvalue weighted by atomic mass is 32.1. The summed E-state index contributed by atoms with van der Waals surface area (Å²) in [5.74, 6) is 0.583. The van der Waals surface area contributed by atoms with Gasteiger partial charge < -0.3 is 9.80 Å². The average Bonchev–Trinajstić information content (AvgIpc) is 2.93. The third-order valence-electron chi connectivity index (χ3n) is 5.51. The summed E-state index contributed by atoms with van der Waals surface area (Å²) in [6.07, 6.45) is 3.51. The molecule has 0 radical (unpaired) electrons. The number of rotatable bonds is 6.